The smallest absolute Gasteiger partial charge is 0.253 e. The van der Waals surface area contributed by atoms with Gasteiger partial charge in [-0.2, -0.15) is 5.26 Å². The van der Waals surface area contributed by atoms with Gasteiger partial charge in [-0.3, -0.25) is 4.79 Å². The Bertz CT molecular complexity index is 423. The molecular formula is C13H17N3O. The molecule has 0 saturated heterocycles. The Hall–Kier alpha value is -1.86. The average Bonchev–Trinajstić information content (AvgIpc) is 2.38. The van der Waals surface area contributed by atoms with E-state index in [0.29, 0.717) is 17.7 Å². The van der Waals surface area contributed by atoms with Crippen molar-refractivity contribution in [1.29, 1.82) is 5.26 Å². The fourth-order valence-corrected chi connectivity index (χ4v) is 1.54. The van der Waals surface area contributed by atoms with Gasteiger partial charge in [-0.15, -0.1) is 0 Å². The van der Waals surface area contributed by atoms with Crippen molar-refractivity contribution in [2.24, 2.45) is 0 Å². The summed E-state index contributed by atoms with van der Waals surface area (Å²) < 4.78 is 0. The number of carbonyl (C=O) groups is 1. The number of nitriles is 1. The zero-order chi connectivity index (χ0) is 12.7. The van der Waals surface area contributed by atoms with Gasteiger partial charge in [-0.25, -0.2) is 0 Å². The van der Waals surface area contributed by atoms with Gasteiger partial charge in [0.05, 0.1) is 11.6 Å². The molecule has 17 heavy (non-hydrogen) atoms. The lowest BCUT2D eigenvalue weighted by Crippen LogP contribution is -2.29. The third-order valence-electron chi connectivity index (χ3n) is 2.51. The van der Waals surface area contributed by atoms with Crippen LogP contribution in [0.2, 0.25) is 0 Å². The summed E-state index contributed by atoms with van der Waals surface area (Å²) in [5, 5.41) is 11.8. The lowest BCUT2D eigenvalue weighted by Gasteiger charge is -2.17. The molecule has 0 aromatic heterocycles. The van der Waals surface area contributed by atoms with Crippen LogP contribution in [0.15, 0.2) is 24.3 Å². The molecule has 4 nitrogen and oxygen atoms in total. The summed E-state index contributed by atoms with van der Waals surface area (Å²) in [5.74, 6) is -0.0433. The molecule has 90 valence electrons. The number of carbonyl (C=O) groups excluding carboxylic acids is 1. The number of benzene rings is 1. The fourth-order valence-electron chi connectivity index (χ4n) is 1.54. The van der Waals surface area contributed by atoms with Crippen molar-refractivity contribution >= 4 is 5.91 Å². The van der Waals surface area contributed by atoms with Crippen LogP contribution >= 0.6 is 0 Å². The van der Waals surface area contributed by atoms with Crippen molar-refractivity contribution < 1.29 is 4.79 Å². The van der Waals surface area contributed by atoms with E-state index in [1.807, 2.05) is 13.1 Å². The summed E-state index contributed by atoms with van der Waals surface area (Å²) in [4.78, 5) is 13.7. The molecule has 0 fully saturated rings. The van der Waals surface area contributed by atoms with E-state index in [9.17, 15) is 4.79 Å². The number of rotatable bonds is 5. The van der Waals surface area contributed by atoms with Gasteiger partial charge in [0.25, 0.3) is 5.91 Å². The van der Waals surface area contributed by atoms with Gasteiger partial charge < -0.3 is 10.2 Å². The molecule has 1 N–H and O–H groups in total. The monoisotopic (exact) mass is 231 g/mol. The second-order valence-electron chi connectivity index (χ2n) is 3.88. The van der Waals surface area contributed by atoms with E-state index < -0.39 is 0 Å². The normalized spacial score (nSPS) is 9.71. The Balaban J connectivity index is 2.65. The number of amides is 1. The Kier molecular flexibility index (Phi) is 5.18. The zero-order valence-electron chi connectivity index (χ0n) is 10.2. The first-order chi connectivity index (χ1) is 8.19. The van der Waals surface area contributed by atoms with Crippen LogP contribution < -0.4 is 5.32 Å². The van der Waals surface area contributed by atoms with Crippen molar-refractivity contribution in [3.05, 3.63) is 35.4 Å². The maximum atomic E-state index is 12.0. The highest BCUT2D eigenvalue weighted by atomic mass is 16.2. The Labute approximate surface area is 102 Å². The van der Waals surface area contributed by atoms with E-state index >= 15 is 0 Å². The van der Waals surface area contributed by atoms with Gasteiger partial charge in [0.1, 0.15) is 0 Å². The van der Waals surface area contributed by atoms with Crippen LogP contribution in [0.1, 0.15) is 22.3 Å². The first-order valence-electron chi connectivity index (χ1n) is 5.59. The first kappa shape index (κ1) is 13.2. The molecule has 1 amide bonds. The van der Waals surface area contributed by atoms with Crippen LogP contribution in [-0.2, 0) is 0 Å². The SMILES string of the molecule is CNCCCN(C)C(=O)c1cccc(C#N)c1. The molecule has 1 aromatic carbocycles. The minimum atomic E-state index is -0.0433. The maximum absolute atomic E-state index is 12.0. The minimum absolute atomic E-state index is 0.0433. The molecule has 0 bridgehead atoms. The van der Waals surface area contributed by atoms with Gasteiger partial charge in [0, 0.05) is 19.2 Å². The molecule has 0 atom stereocenters. The first-order valence-corrected chi connectivity index (χ1v) is 5.59. The molecule has 0 aliphatic rings. The predicted octanol–water partition coefficient (Wildman–Crippen LogP) is 1.24. The molecule has 0 heterocycles. The van der Waals surface area contributed by atoms with Gasteiger partial charge in [-0.1, -0.05) is 6.07 Å². The summed E-state index contributed by atoms with van der Waals surface area (Å²) in [6, 6.07) is 8.81. The second-order valence-corrected chi connectivity index (χ2v) is 3.88. The summed E-state index contributed by atoms with van der Waals surface area (Å²) >= 11 is 0. The molecule has 1 rings (SSSR count). The van der Waals surface area contributed by atoms with E-state index in [4.69, 9.17) is 5.26 Å². The molecule has 1 aromatic rings. The molecule has 0 saturated carbocycles. The van der Waals surface area contributed by atoms with E-state index in [1.54, 1.807) is 36.2 Å². The van der Waals surface area contributed by atoms with Crippen molar-refractivity contribution in [2.45, 2.75) is 6.42 Å². The van der Waals surface area contributed by atoms with Crippen molar-refractivity contribution in [3.63, 3.8) is 0 Å². The number of hydrogen-bond acceptors (Lipinski definition) is 3. The largest absolute Gasteiger partial charge is 0.342 e. The lowest BCUT2D eigenvalue weighted by molar-refractivity contribution is 0.0793. The zero-order valence-corrected chi connectivity index (χ0v) is 10.2. The van der Waals surface area contributed by atoms with Crippen molar-refractivity contribution in [1.82, 2.24) is 10.2 Å². The molecule has 4 heteroatoms. The minimum Gasteiger partial charge on any atom is -0.342 e. The topological polar surface area (TPSA) is 56.1 Å². The highest BCUT2D eigenvalue weighted by Crippen LogP contribution is 2.07. The van der Waals surface area contributed by atoms with E-state index in [0.717, 1.165) is 13.0 Å². The van der Waals surface area contributed by atoms with Crippen LogP contribution in [0.3, 0.4) is 0 Å². The van der Waals surface area contributed by atoms with Crippen molar-refractivity contribution in [3.8, 4) is 6.07 Å². The van der Waals surface area contributed by atoms with Crippen LogP contribution in [0.25, 0.3) is 0 Å². The Morgan fingerprint density at radius 3 is 2.94 bits per heavy atom. The lowest BCUT2D eigenvalue weighted by atomic mass is 10.1. The summed E-state index contributed by atoms with van der Waals surface area (Å²) in [6.07, 6.45) is 0.913. The van der Waals surface area contributed by atoms with E-state index in [-0.39, 0.29) is 5.91 Å². The van der Waals surface area contributed by atoms with Gasteiger partial charge in [0.2, 0.25) is 0 Å². The number of nitrogens with zero attached hydrogens (tertiary/aromatic N) is 2. The second kappa shape index (κ2) is 6.66. The van der Waals surface area contributed by atoms with E-state index in [2.05, 4.69) is 5.32 Å². The molecule has 0 spiro atoms. The van der Waals surface area contributed by atoms with Crippen LogP contribution in [0.5, 0.6) is 0 Å². The fraction of sp³-hybridized carbons (Fsp3) is 0.385. The summed E-state index contributed by atoms with van der Waals surface area (Å²) in [5.41, 5.74) is 1.08. The highest BCUT2D eigenvalue weighted by molar-refractivity contribution is 5.94. The standard InChI is InChI=1S/C13H17N3O/c1-15-7-4-8-16(2)13(17)12-6-3-5-11(9-12)10-14/h3,5-6,9,15H,4,7-8H2,1-2H3. The van der Waals surface area contributed by atoms with Gasteiger partial charge in [-0.05, 0) is 38.2 Å². The molecular weight excluding hydrogens is 214 g/mol. The average molecular weight is 231 g/mol. The van der Waals surface area contributed by atoms with Crippen molar-refractivity contribution in [2.75, 3.05) is 27.2 Å². The third kappa shape index (κ3) is 3.89. The molecule has 0 aliphatic heterocycles. The number of nitrogens with one attached hydrogen (secondary N) is 1. The van der Waals surface area contributed by atoms with Gasteiger partial charge in [0.15, 0.2) is 0 Å². The predicted molar refractivity (Wildman–Crippen MR) is 66.7 cm³/mol. The highest BCUT2D eigenvalue weighted by Gasteiger charge is 2.11. The van der Waals surface area contributed by atoms with Gasteiger partial charge >= 0.3 is 0 Å². The quantitative estimate of drug-likeness (QED) is 0.776. The van der Waals surface area contributed by atoms with Crippen LogP contribution in [-0.4, -0.2) is 38.0 Å². The van der Waals surface area contributed by atoms with Crippen LogP contribution in [0.4, 0.5) is 0 Å². The molecule has 0 radical (unpaired) electrons. The van der Waals surface area contributed by atoms with E-state index in [1.165, 1.54) is 0 Å². The molecule has 0 aliphatic carbocycles. The Morgan fingerprint density at radius 1 is 1.53 bits per heavy atom. The summed E-state index contributed by atoms with van der Waals surface area (Å²) in [6.45, 7) is 1.59. The molecule has 0 unspecified atom stereocenters. The third-order valence-corrected chi connectivity index (χ3v) is 2.51. The Morgan fingerprint density at radius 2 is 2.29 bits per heavy atom. The number of hydrogen-bond donors (Lipinski definition) is 1. The maximum Gasteiger partial charge on any atom is 0.253 e. The summed E-state index contributed by atoms with van der Waals surface area (Å²) in [7, 11) is 3.66. The van der Waals surface area contributed by atoms with Crippen LogP contribution in [0, 0.1) is 11.3 Å².